The Morgan fingerprint density at radius 3 is 2.78 bits per heavy atom. The highest BCUT2D eigenvalue weighted by molar-refractivity contribution is 6.34. The Kier molecular flexibility index (Phi) is 4.82. The molecular weight excluding hydrogens is 368 g/mol. The lowest BCUT2D eigenvalue weighted by Crippen LogP contribution is -2.44. The maximum absolute atomic E-state index is 12.9. The molecule has 2 amide bonds. The van der Waals surface area contributed by atoms with Gasteiger partial charge in [-0.25, -0.2) is 4.68 Å². The van der Waals surface area contributed by atoms with Crippen molar-refractivity contribution >= 4 is 23.4 Å². The lowest BCUT2D eigenvalue weighted by molar-refractivity contribution is -0.133. The molecule has 2 fully saturated rings. The molecule has 1 aromatic carbocycles. The van der Waals surface area contributed by atoms with Gasteiger partial charge in [-0.3, -0.25) is 9.59 Å². The number of likely N-dealkylation sites (tertiary alicyclic amines) is 1. The maximum Gasteiger partial charge on any atom is 0.255 e. The van der Waals surface area contributed by atoms with E-state index in [1.807, 2.05) is 4.90 Å². The number of aromatic nitrogens is 4. The third-order valence-electron chi connectivity index (χ3n) is 5.21. The molecule has 2 aromatic rings. The molecule has 8 nitrogen and oxygen atoms in total. The predicted molar refractivity (Wildman–Crippen MR) is 98.6 cm³/mol. The van der Waals surface area contributed by atoms with Gasteiger partial charge in [0.2, 0.25) is 5.91 Å². The largest absolute Gasteiger partial charge is 0.340 e. The van der Waals surface area contributed by atoms with Crippen LogP contribution in [0.25, 0.3) is 5.69 Å². The van der Waals surface area contributed by atoms with Crippen LogP contribution < -0.4 is 0 Å². The van der Waals surface area contributed by atoms with Crippen molar-refractivity contribution in [1.29, 1.82) is 0 Å². The van der Waals surface area contributed by atoms with Gasteiger partial charge in [-0.1, -0.05) is 11.6 Å². The average molecular weight is 389 g/mol. The molecule has 0 bridgehead atoms. The lowest BCUT2D eigenvalue weighted by Gasteiger charge is -2.29. The molecule has 0 N–H and O–H groups in total. The third kappa shape index (κ3) is 3.66. The first-order chi connectivity index (χ1) is 13.0. The van der Waals surface area contributed by atoms with Crippen LogP contribution in [0.2, 0.25) is 5.02 Å². The molecular formula is C18H21ClN6O2. The summed E-state index contributed by atoms with van der Waals surface area (Å²) in [5.74, 6) is 0.302. The van der Waals surface area contributed by atoms with Crippen LogP contribution >= 0.6 is 11.6 Å². The van der Waals surface area contributed by atoms with Crippen LogP contribution in [0, 0.1) is 5.92 Å². The van der Waals surface area contributed by atoms with Gasteiger partial charge >= 0.3 is 0 Å². The zero-order valence-corrected chi connectivity index (χ0v) is 15.8. The summed E-state index contributed by atoms with van der Waals surface area (Å²) in [6.45, 7) is 1.31. The Labute approximate surface area is 162 Å². The van der Waals surface area contributed by atoms with Crippen molar-refractivity contribution in [3.8, 4) is 5.69 Å². The van der Waals surface area contributed by atoms with E-state index >= 15 is 0 Å². The lowest BCUT2D eigenvalue weighted by atomic mass is 10.1. The first kappa shape index (κ1) is 17.9. The number of rotatable bonds is 5. The van der Waals surface area contributed by atoms with Crippen LogP contribution in [0.3, 0.4) is 0 Å². The maximum atomic E-state index is 12.9. The normalized spacial score (nSPS) is 19.3. The number of carbonyl (C=O) groups excluding carboxylic acids is 2. The molecule has 27 heavy (non-hydrogen) atoms. The second kappa shape index (κ2) is 7.26. The third-order valence-corrected chi connectivity index (χ3v) is 5.53. The number of carbonyl (C=O) groups is 2. The highest BCUT2D eigenvalue weighted by Crippen LogP contribution is 2.34. The van der Waals surface area contributed by atoms with Gasteiger partial charge in [-0.15, -0.1) is 5.10 Å². The molecule has 9 heteroatoms. The smallest absolute Gasteiger partial charge is 0.255 e. The second-order valence-corrected chi connectivity index (χ2v) is 7.61. The van der Waals surface area contributed by atoms with Crippen molar-refractivity contribution in [2.45, 2.75) is 31.7 Å². The van der Waals surface area contributed by atoms with Crippen molar-refractivity contribution in [1.82, 2.24) is 30.0 Å². The van der Waals surface area contributed by atoms with Crippen molar-refractivity contribution < 1.29 is 9.59 Å². The molecule has 0 spiro atoms. The zero-order chi connectivity index (χ0) is 19.0. The summed E-state index contributed by atoms with van der Waals surface area (Å²) in [7, 11) is 1.76. The first-order valence-corrected chi connectivity index (χ1v) is 9.51. The SMILES string of the molecule is CN(CC1CCCN1C(=O)C1CC1)C(=O)c1ccc(-n2cnnn2)cc1Cl. The van der Waals surface area contributed by atoms with Crippen LogP contribution in [-0.2, 0) is 4.79 Å². The fraction of sp³-hybridized carbons (Fsp3) is 0.500. The van der Waals surface area contributed by atoms with E-state index in [0.29, 0.717) is 22.8 Å². The van der Waals surface area contributed by atoms with Gasteiger partial charge in [-0.05, 0) is 54.3 Å². The topological polar surface area (TPSA) is 84.2 Å². The van der Waals surface area contributed by atoms with Crippen molar-refractivity contribution in [2.75, 3.05) is 20.1 Å². The van der Waals surface area contributed by atoms with E-state index in [9.17, 15) is 9.59 Å². The number of tetrazole rings is 1. The molecule has 142 valence electrons. The molecule has 1 aromatic heterocycles. The van der Waals surface area contributed by atoms with Crippen LogP contribution in [0.1, 0.15) is 36.0 Å². The average Bonchev–Trinajstić information content (AvgIpc) is 3.16. The van der Waals surface area contributed by atoms with E-state index in [2.05, 4.69) is 15.5 Å². The summed E-state index contributed by atoms with van der Waals surface area (Å²) in [6, 6.07) is 5.19. The number of nitrogens with zero attached hydrogens (tertiary/aromatic N) is 6. The molecule has 2 aliphatic rings. The number of hydrogen-bond acceptors (Lipinski definition) is 5. The van der Waals surface area contributed by atoms with E-state index < -0.39 is 0 Å². The van der Waals surface area contributed by atoms with Gasteiger partial charge in [0.1, 0.15) is 6.33 Å². The van der Waals surface area contributed by atoms with Crippen molar-refractivity contribution in [3.63, 3.8) is 0 Å². The van der Waals surface area contributed by atoms with Crippen LogP contribution in [0.15, 0.2) is 24.5 Å². The zero-order valence-electron chi connectivity index (χ0n) is 15.1. The Morgan fingerprint density at radius 1 is 1.30 bits per heavy atom. The second-order valence-electron chi connectivity index (χ2n) is 7.21. The minimum Gasteiger partial charge on any atom is -0.340 e. The molecule has 4 rings (SSSR count). The van der Waals surface area contributed by atoms with Crippen molar-refractivity contribution in [2.24, 2.45) is 5.92 Å². The van der Waals surface area contributed by atoms with E-state index in [-0.39, 0.29) is 23.8 Å². The van der Waals surface area contributed by atoms with Crippen LogP contribution in [-0.4, -0.2) is 68.0 Å². The highest BCUT2D eigenvalue weighted by Gasteiger charge is 2.38. The molecule has 1 aliphatic heterocycles. The molecule has 1 saturated carbocycles. The quantitative estimate of drug-likeness (QED) is 0.779. The van der Waals surface area contributed by atoms with Crippen molar-refractivity contribution in [3.05, 3.63) is 35.1 Å². The number of amides is 2. The van der Waals surface area contributed by atoms with E-state index in [1.54, 1.807) is 30.1 Å². The first-order valence-electron chi connectivity index (χ1n) is 9.13. The number of halogens is 1. The van der Waals surface area contributed by atoms with E-state index in [1.165, 1.54) is 11.0 Å². The number of likely N-dealkylation sites (N-methyl/N-ethyl adjacent to an activating group) is 1. The van der Waals surface area contributed by atoms with Gasteiger partial charge < -0.3 is 9.80 Å². The minimum absolute atomic E-state index is 0.0892. The van der Waals surface area contributed by atoms with Crippen LogP contribution in [0.4, 0.5) is 0 Å². The Balaban J connectivity index is 1.45. The predicted octanol–water partition coefficient (Wildman–Crippen LogP) is 1.79. The Hall–Kier alpha value is -2.48. The number of hydrogen-bond donors (Lipinski definition) is 0. The van der Waals surface area contributed by atoms with Gasteiger partial charge in [0.15, 0.2) is 0 Å². The molecule has 1 aliphatic carbocycles. The summed E-state index contributed by atoms with van der Waals surface area (Å²) in [6.07, 6.45) is 5.39. The monoisotopic (exact) mass is 388 g/mol. The molecule has 1 atom stereocenters. The summed E-state index contributed by atoms with van der Waals surface area (Å²) >= 11 is 6.34. The van der Waals surface area contributed by atoms with Crippen LogP contribution in [0.5, 0.6) is 0 Å². The summed E-state index contributed by atoms with van der Waals surface area (Å²) in [5.41, 5.74) is 1.11. The Morgan fingerprint density at radius 2 is 2.11 bits per heavy atom. The summed E-state index contributed by atoms with van der Waals surface area (Å²) in [5, 5.41) is 11.3. The fourth-order valence-corrected chi connectivity index (χ4v) is 3.84. The summed E-state index contributed by atoms with van der Waals surface area (Å²) in [4.78, 5) is 28.9. The minimum atomic E-state index is -0.158. The van der Waals surface area contributed by atoms with Gasteiger partial charge in [0.25, 0.3) is 5.91 Å². The molecule has 0 radical (unpaired) electrons. The van der Waals surface area contributed by atoms with Gasteiger partial charge in [-0.2, -0.15) is 0 Å². The summed E-state index contributed by atoms with van der Waals surface area (Å²) < 4.78 is 1.48. The molecule has 2 heterocycles. The standard InChI is InChI=1S/C18H21ClN6O2/c1-23(10-14-3-2-8-24(14)17(26)12-4-5-12)18(27)15-7-6-13(9-16(15)19)25-11-20-21-22-25/h6-7,9,11-12,14H,2-5,8,10H2,1H3. The molecule has 1 unspecified atom stereocenters. The fourth-order valence-electron chi connectivity index (χ4n) is 3.58. The molecule has 1 saturated heterocycles. The van der Waals surface area contributed by atoms with E-state index in [4.69, 9.17) is 11.6 Å². The van der Waals surface area contributed by atoms with Gasteiger partial charge in [0.05, 0.1) is 16.3 Å². The highest BCUT2D eigenvalue weighted by atomic mass is 35.5. The van der Waals surface area contributed by atoms with Gasteiger partial charge in [0, 0.05) is 32.1 Å². The Bertz CT molecular complexity index is 852. The van der Waals surface area contributed by atoms with E-state index in [0.717, 1.165) is 32.2 Å². The number of benzene rings is 1.